The van der Waals surface area contributed by atoms with E-state index in [9.17, 15) is 27.9 Å². The summed E-state index contributed by atoms with van der Waals surface area (Å²) in [6.07, 6.45) is -5.31. The first-order chi connectivity index (χ1) is 11.1. The van der Waals surface area contributed by atoms with E-state index in [1.165, 1.54) is 36.5 Å². The van der Waals surface area contributed by atoms with Gasteiger partial charge in [-0.05, 0) is 24.6 Å². The second kappa shape index (κ2) is 6.48. The topological polar surface area (TPSA) is 87.7 Å². The van der Waals surface area contributed by atoms with Crippen LogP contribution in [-0.2, 0) is 9.53 Å². The number of alkyl halides is 3. The van der Waals surface area contributed by atoms with Crippen molar-refractivity contribution in [2.75, 3.05) is 6.61 Å². The Morgan fingerprint density at radius 3 is 2.67 bits per heavy atom. The van der Waals surface area contributed by atoms with Crippen molar-refractivity contribution >= 4 is 23.6 Å². The number of benzene rings is 1. The van der Waals surface area contributed by atoms with E-state index in [0.29, 0.717) is 0 Å². The molecule has 132 valence electrons. The molecular formula is C14H14ClF3N2O4. The van der Waals surface area contributed by atoms with Gasteiger partial charge in [-0.15, -0.1) is 0 Å². The van der Waals surface area contributed by atoms with Gasteiger partial charge < -0.3 is 20.5 Å². The third kappa shape index (κ3) is 3.27. The van der Waals surface area contributed by atoms with Crippen molar-refractivity contribution in [3.05, 3.63) is 34.9 Å². The second-order valence-corrected chi connectivity index (χ2v) is 5.56. The number of aliphatic hydroxyl groups is 1. The lowest BCUT2D eigenvalue weighted by Crippen LogP contribution is -2.73. The fourth-order valence-corrected chi connectivity index (χ4v) is 2.71. The summed E-state index contributed by atoms with van der Waals surface area (Å²) in [5.41, 5.74) is -3.66. The molecule has 0 bridgehead atoms. The lowest BCUT2D eigenvalue weighted by molar-refractivity contribution is -0.294. The van der Waals surface area contributed by atoms with E-state index in [0.717, 1.165) is 0 Å². The van der Waals surface area contributed by atoms with Crippen molar-refractivity contribution < 1.29 is 32.6 Å². The van der Waals surface area contributed by atoms with E-state index >= 15 is 0 Å². The summed E-state index contributed by atoms with van der Waals surface area (Å²) in [7, 11) is 0. The quantitative estimate of drug-likeness (QED) is 0.715. The van der Waals surface area contributed by atoms with E-state index in [1.807, 2.05) is 0 Å². The first-order valence-corrected chi connectivity index (χ1v) is 7.28. The van der Waals surface area contributed by atoms with Gasteiger partial charge in [-0.2, -0.15) is 13.2 Å². The van der Waals surface area contributed by atoms with Crippen LogP contribution in [0.5, 0.6) is 0 Å². The third-order valence-corrected chi connectivity index (χ3v) is 3.79. The highest BCUT2D eigenvalue weighted by Crippen LogP contribution is 2.43. The number of amides is 2. The fourth-order valence-electron chi connectivity index (χ4n) is 2.51. The molecule has 0 aromatic heterocycles. The number of carbonyl (C=O) groups excluding carboxylic acids is 2. The number of nitrogens with one attached hydrogen (secondary N) is 2. The number of halogens is 4. The van der Waals surface area contributed by atoms with Gasteiger partial charge >= 0.3 is 18.2 Å². The molecule has 0 saturated carbocycles. The van der Waals surface area contributed by atoms with E-state index < -0.39 is 35.9 Å². The highest BCUT2D eigenvalue weighted by molar-refractivity contribution is 6.30. The minimum atomic E-state index is -5.31. The molecule has 2 amide bonds. The van der Waals surface area contributed by atoms with E-state index in [4.69, 9.17) is 11.6 Å². The van der Waals surface area contributed by atoms with Crippen LogP contribution in [-0.4, -0.2) is 35.6 Å². The number of carbonyl (C=O) groups is 2. The number of ether oxygens (including phenoxy) is 1. The molecule has 24 heavy (non-hydrogen) atoms. The average Bonchev–Trinajstić information content (AvgIpc) is 2.45. The second-order valence-electron chi connectivity index (χ2n) is 5.12. The third-order valence-electron chi connectivity index (χ3n) is 3.55. The van der Waals surface area contributed by atoms with Crippen LogP contribution < -0.4 is 10.6 Å². The van der Waals surface area contributed by atoms with Crippen LogP contribution in [0, 0.1) is 5.92 Å². The summed E-state index contributed by atoms with van der Waals surface area (Å²) in [6.45, 7) is 1.22. The predicted octanol–water partition coefficient (Wildman–Crippen LogP) is 2.12. The standard InChI is InChI=1S/C14H14ClF3N2O4/c1-2-24-11(21)9-10(7-4-3-5-8(15)6-7)19-12(22)20-13(9,23)14(16,17)18/h3-6,9-10,23H,2H2,1H3,(H2,19,20,22)/t9-,10+,13+/m0/s1. The summed E-state index contributed by atoms with van der Waals surface area (Å²) in [5.74, 6) is -3.47. The normalized spacial score (nSPS) is 27.2. The highest BCUT2D eigenvalue weighted by atomic mass is 35.5. The zero-order valence-electron chi connectivity index (χ0n) is 12.4. The van der Waals surface area contributed by atoms with Crippen LogP contribution in [0.25, 0.3) is 0 Å². The molecule has 3 atom stereocenters. The van der Waals surface area contributed by atoms with Crippen molar-refractivity contribution in [1.82, 2.24) is 10.6 Å². The molecule has 1 aliphatic heterocycles. The first-order valence-electron chi connectivity index (χ1n) is 6.90. The van der Waals surface area contributed by atoms with Crippen molar-refractivity contribution in [1.29, 1.82) is 0 Å². The maximum atomic E-state index is 13.4. The molecule has 0 aliphatic carbocycles. The number of esters is 1. The van der Waals surface area contributed by atoms with Gasteiger partial charge in [0.25, 0.3) is 5.72 Å². The Kier molecular flexibility index (Phi) is 4.95. The van der Waals surface area contributed by atoms with Crippen LogP contribution in [0.1, 0.15) is 18.5 Å². The minimum absolute atomic E-state index is 0.123. The number of urea groups is 1. The van der Waals surface area contributed by atoms with Crippen LogP contribution in [0.15, 0.2) is 24.3 Å². The molecular weight excluding hydrogens is 353 g/mol. The molecule has 1 saturated heterocycles. The number of rotatable bonds is 3. The van der Waals surface area contributed by atoms with E-state index in [1.54, 1.807) is 0 Å². The monoisotopic (exact) mass is 366 g/mol. The molecule has 0 radical (unpaired) electrons. The van der Waals surface area contributed by atoms with Gasteiger partial charge in [0.2, 0.25) is 0 Å². The Morgan fingerprint density at radius 1 is 1.46 bits per heavy atom. The molecule has 1 aromatic rings. The summed E-state index contributed by atoms with van der Waals surface area (Å²) < 4.78 is 44.8. The van der Waals surface area contributed by atoms with Gasteiger partial charge in [0.05, 0.1) is 12.6 Å². The zero-order chi connectivity index (χ0) is 18.1. The molecule has 2 rings (SSSR count). The lowest BCUT2D eigenvalue weighted by Gasteiger charge is -2.44. The van der Waals surface area contributed by atoms with Crippen LogP contribution in [0.4, 0.5) is 18.0 Å². The smallest absolute Gasteiger partial charge is 0.437 e. The lowest BCUT2D eigenvalue weighted by atomic mass is 9.82. The highest BCUT2D eigenvalue weighted by Gasteiger charge is 2.67. The van der Waals surface area contributed by atoms with Gasteiger partial charge in [-0.3, -0.25) is 4.79 Å². The number of hydrogen-bond acceptors (Lipinski definition) is 4. The summed E-state index contributed by atoms with van der Waals surface area (Å²) in [6, 6.07) is 2.83. The number of hydrogen-bond donors (Lipinski definition) is 3. The van der Waals surface area contributed by atoms with E-state index in [2.05, 4.69) is 10.1 Å². The minimum Gasteiger partial charge on any atom is -0.466 e. The van der Waals surface area contributed by atoms with Crippen molar-refractivity contribution in [2.45, 2.75) is 24.9 Å². The molecule has 1 aromatic carbocycles. The Balaban J connectivity index is 2.57. The summed E-state index contributed by atoms with van der Waals surface area (Å²) >= 11 is 5.82. The van der Waals surface area contributed by atoms with Crippen LogP contribution in [0.2, 0.25) is 5.02 Å². The molecule has 3 N–H and O–H groups in total. The Bertz CT molecular complexity index is 655. The van der Waals surface area contributed by atoms with Crippen molar-refractivity contribution in [2.24, 2.45) is 5.92 Å². The van der Waals surface area contributed by atoms with Crippen molar-refractivity contribution in [3.8, 4) is 0 Å². The molecule has 0 spiro atoms. The van der Waals surface area contributed by atoms with E-state index in [-0.39, 0.29) is 17.2 Å². The van der Waals surface area contributed by atoms with Crippen LogP contribution >= 0.6 is 11.6 Å². The fraction of sp³-hybridized carbons (Fsp3) is 0.429. The Labute approximate surface area is 139 Å². The largest absolute Gasteiger partial charge is 0.466 e. The molecule has 1 fully saturated rings. The maximum absolute atomic E-state index is 13.4. The average molecular weight is 367 g/mol. The van der Waals surface area contributed by atoms with Gasteiger partial charge in [0.1, 0.15) is 5.92 Å². The predicted molar refractivity (Wildman–Crippen MR) is 77.0 cm³/mol. The van der Waals surface area contributed by atoms with Gasteiger partial charge in [0.15, 0.2) is 0 Å². The molecule has 1 heterocycles. The van der Waals surface area contributed by atoms with Gasteiger partial charge in [-0.25, -0.2) is 4.79 Å². The molecule has 10 heteroatoms. The Hall–Kier alpha value is -2.00. The van der Waals surface area contributed by atoms with Gasteiger partial charge in [-0.1, -0.05) is 23.7 Å². The SMILES string of the molecule is CCOC(=O)[C@@H]1[C@@H](c2cccc(Cl)c2)NC(=O)N[C@]1(O)C(F)(F)F. The van der Waals surface area contributed by atoms with Gasteiger partial charge in [0, 0.05) is 5.02 Å². The maximum Gasteiger partial charge on any atom is 0.437 e. The summed E-state index contributed by atoms with van der Waals surface area (Å²) in [5, 5.41) is 13.9. The molecule has 1 aliphatic rings. The van der Waals surface area contributed by atoms with Crippen LogP contribution in [0.3, 0.4) is 0 Å². The Morgan fingerprint density at radius 2 is 2.12 bits per heavy atom. The summed E-state index contributed by atoms with van der Waals surface area (Å²) in [4.78, 5) is 23.8. The molecule has 0 unspecified atom stereocenters. The van der Waals surface area contributed by atoms with Crippen molar-refractivity contribution in [3.63, 3.8) is 0 Å². The first kappa shape index (κ1) is 18.3. The molecule has 6 nitrogen and oxygen atoms in total. The zero-order valence-corrected chi connectivity index (χ0v) is 13.1.